The van der Waals surface area contributed by atoms with Crippen LogP contribution in [0.2, 0.25) is 0 Å². The van der Waals surface area contributed by atoms with Crippen molar-refractivity contribution in [3.05, 3.63) is 30.0 Å². The lowest BCUT2D eigenvalue weighted by molar-refractivity contribution is -0.136. The molecule has 2 rings (SSSR count). The molecule has 0 aliphatic rings. The molecule has 90 valence electrons. The average molecular weight is 233 g/mol. The smallest absolute Gasteiger partial charge is 0.303 e. The summed E-state index contributed by atoms with van der Waals surface area (Å²) in [6, 6.07) is 7.86. The Hall–Kier alpha value is -1.97. The van der Waals surface area contributed by atoms with Gasteiger partial charge in [0.05, 0.1) is 19.0 Å². The number of ether oxygens (including phenoxy) is 1. The minimum Gasteiger partial charge on any atom is -0.495 e. The minimum absolute atomic E-state index is 0.145. The van der Waals surface area contributed by atoms with Crippen molar-refractivity contribution in [2.45, 2.75) is 12.8 Å². The molecule has 0 radical (unpaired) electrons. The quantitative estimate of drug-likeness (QED) is 0.880. The predicted octanol–water partition coefficient (Wildman–Crippen LogP) is 2.20. The van der Waals surface area contributed by atoms with E-state index in [4.69, 9.17) is 9.84 Å². The van der Waals surface area contributed by atoms with Crippen molar-refractivity contribution in [3.63, 3.8) is 0 Å². The van der Waals surface area contributed by atoms with Gasteiger partial charge in [-0.15, -0.1) is 0 Å². The highest BCUT2D eigenvalue weighted by Gasteiger charge is 2.10. The third kappa shape index (κ3) is 2.11. The molecule has 0 aliphatic carbocycles. The Morgan fingerprint density at radius 2 is 2.24 bits per heavy atom. The lowest BCUT2D eigenvalue weighted by Crippen LogP contribution is -2.02. The molecule has 2 aromatic rings. The van der Waals surface area contributed by atoms with Crippen LogP contribution in [-0.2, 0) is 18.3 Å². The Labute approximate surface area is 99.4 Å². The number of benzene rings is 1. The highest BCUT2D eigenvalue weighted by Crippen LogP contribution is 2.28. The summed E-state index contributed by atoms with van der Waals surface area (Å²) in [6.45, 7) is 0. The first-order valence-electron chi connectivity index (χ1n) is 5.46. The van der Waals surface area contributed by atoms with Gasteiger partial charge in [0, 0.05) is 18.1 Å². The summed E-state index contributed by atoms with van der Waals surface area (Å²) in [5, 5.41) is 9.78. The summed E-state index contributed by atoms with van der Waals surface area (Å²) in [7, 11) is 3.57. The van der Waals surface area contributed by atoms with E-state index in [9.17, 15) is 4.79 Å². The van der Waals surface area contributed by atoms with Crippen LogP contribution in [0, 0.1) is 0 Å². The number of methoxy groups -OCH3 is 1. The fourth-order valence-electron chi connectivity index (χ4n) is 2.07. The van der Waals surface area contributed by atoms with Gasteiger partial charge in [0.2, 0.25) is 0 Å². The number of carboxylic acids is 1. The average Bonchev–Trinajstić information content (AvgIpc) is 2.64. The molecule has 0 amide bonds. The first-order valence-corrected chi connectivity index (χ1v) is 5.46. The van der Waals surface area contributed by atoms with Crippen LogP contribution in [0.15, 0.2) is 24.3 Å². The monoisotopic (exact) mass is 233 g/mol. The van der Waals surface area contributed by atoms with E-state index < -0.39 is 5.97 Å². The number of fused-ring (bicyclic) bond motifs is 1. The zero-order valence-electron chi connectivity index (χ0n) is 9.93. The number of hydrogen-bond acceptors (Lipinski definition) is 2. The maximum atomic E-state index is 10.6. The number of aliphatic carboxylic acids is 1. The Morgan fingerprint density at radius 1 is 1.47 bits per heavy atom. The van der Waals surface area contributed by atoms with Gasteiger partial charge in [-0.3, -0.25) is 4.79 Å². The summed E-state index contributed by atoms with van der Waals surface area (Å²) >= 11 is 0. The molecule has 4 heteroatoms. The van der Waals surface area contributed by atoms with Gasteiger partial charge in [-0.05, 0) is 18.6 Å². The SMILES string of the molecule is COc1cccc2cc(CCC(=O)O)n(C)c12. The van der Waals surface area contributed by atoms with Crippen molar-refractivity contribution in [2.24, 2.45) is 7.05 Å². The highest BCUT2D eigenvalue weighted by molar-refractivity contribution is 5.87. The van der Waals surface area contributed by atoms with Crippen LogP contribution in [0.5, 0.6) is 5.75 Å². The van der Waals surface area contributed by atoms with E-state index in [0.29, 0.717) is 6.42 Å². The summed E-state index contributed by atoms with van der Waals surface area (Å²) < 4.78 is 7.31. The molecule has 17 heavy (non-hydrogen) atoms. The fourth-order valence-corrected chi connectivity index (χ4v) is 2.07. The molecule has 0 saturated heterocycles. The summed E-state index contributed by atoms with van der Waals surface area (Å²) in [4.78, 5) is 10.6. The summed E-state index contributed by atoms with van der Waals surface area (Å²) in [5.74, 6) is 0.0359. The summed E-state index contributed by atoms with van der Waals surface area (Å²) in [5.41, 5.74) is 2.02. The zero-order chi connectivity index (χ0) is 12.4. The van der Waals surface area contributed by atoms with Crippen LogP contribution in [-0.4, -0.2) is 22.8 Å². The van der Waals surface area contributed by atoms with Crippen molar-refractivity contribution in [1.29, 1.82) is 0 Å². The van der Waals surface area contributed by atoms with E-state index in [1.807, 2.05) is 35.9 Å². The Balaban J connectivity index is 2.45. The van der Waals surface area contributed by atoms with E-state index in [1.54, 1.807) is 7.11 Å². The second-order valence-corrected chi connectivity index (χ2v) is 3.99. The van der Waals surface area contributed by atoms with Crippen LogP contribution in [0.4, 0.5) is 0 Å². The van der Waals surface area contributed by atoms with Crippen LogP contribution in [0.1, 0.15) is 12.1 Å². The molecule has 1 heterocycles. The van der Waals surface area contributed by atoms with Crippen molar-refractivity contribution < 1.29 is 14.6 Å². The van der Waals surface area contributed by atoms with Crippen LogP contribution < -0.4 is 4.74 Å². The molecule has 0 bridgehead atoms. The first-order chi connectivity index (χ1) is 8.13. The molecule has 0 atom stereocenters. The highest BCUT2D eigenvalue weighted by atomic mass is 16.5. The topological polar surface area (TPSA) is 51.5 Å². The molecule has 0 aliphatic heterocycles. The lowest BCUT2D eigenvalue weighted by atomic mass is 10.2. The van der Waals surface area contributed by atoms with Crippen molar-refractivity contribution in [3.8, 4) is 5.75 Å². The Bertz CT molecular complexity index is 557. The zero-order valence-corrected chi connectivity index (χ0v) is 9.93. The number of para-hydroxylation sites is 1. The third-order valence-corrected chi connectivity index (χ3v) is 2.93. The van der Waals surface area contributed by atoms with Gasteiger partial charge in [0.1, 0.15) is 5.75 Å². The lowest BCUT2D eigenvalue weighted by Gasteiger charge is -2.06. The number of rotatable bonds is 4. The molecule has 0 unspecified atom stereocenters. The van der Waals surface area contributed by atoms with Gasteiger partial charge in [0.15, 0.2) is 0 Å². The number of aromatic nitrogens is 1. The van der Waals surface area contributed by atoms with E-state index >= 15 is 0 Å². The molecule has 0 saturated carbocycles. The Kier molecular flexibility index (Phi) is 3.04. The predicted molar refractivity (Wildman–Crippen MR) is 65.4 cm³/mol. The Morgan fingerprint density at radius 3 is 2.88 bits per heavy atom. The van der Waals surface area contributed by atoms with Crippen LogP contribution in [0.25, 0.3) is 10.9 Å². The van der Waals surface area contributed by atoms with Gasteiger partial charge in [-0.2, -0.15) is 0 Å². The first kappa shape index (κ1) is 11.5. The molecular weight excluding hydrogens is 218 g/mol. The number of nitrogens with zero attached hydrogens (tertiary/aromatic N) is 1. The number of carboxylic acid groups (broad SMARTS) is 1. The van der Waals surface area contributed by atoms with Crippen molar-refractivity contribution in [2.75, 3.05) is 7.11 Å². The molecular formula is C13H15NO3. The second-order valence-electron chi connectivity index (χ2n) is 3.99. The van der Waals surface area contributed by atoms with Gasteiger partial charge < -0.3 is 14.4 Å². The molecule has 1 N–H and O–H groups in total. The normalized spacial score (nSPS) is 10.7. The molecule has 0 fully saturated rings. The fraction of sp³-hybridized carbons (Fsp3) is 0.308. The van der Waals surface area contributed by atoms with E-state index in [2.05, 4.69) is 0 Å². The maximum absolute atomic E-state index is 10.6. The van der Waals surface area contributed by atoms with Gasteiger partial charge in [0.25, 0.3) is 0 Å². The van der Waals surface area contributed by atoms with Gasteiger partial charge in [-0.25, -0.2) is 0 Å². The number of hydrogen-bond donors (Lipinski definition) is 1. The molecule has 1 aromatic carbocycles. The summed E-state index contributed by atoms with van der Waals surface area (Å²) in [6.07, 6.45) is 0.677. The van der Waals surface area contributed by atoms with Crippen molar-refractivity contribution >= 4 is 16.9 Å². The van der Waals surface area contributed by atoms with Gasteiger partial charge in [-0.1, -0.05) is 12.1 Å². The molecule has 4 nitrogen and oxygen atoms in total. The maximum Gasteiger partial charge on any atom is 0.303 e. The molecule has 1 aromatic heterocycles. The van der Waals surface area contributed by atoms with E-state index in [-0.39, 0.29) is 6.42 Å². The van der Waals surface area contributed by atoms with E-state index in [1.165, 1.54) is 0 Å². The largest absolute Gasteiger partial charge is 0.495 e. The van der Waals surface area contributed by atoms with Crippen LogP contribution >= 0.6 is 0 Å². The van der Waals surface area contributed by atoms with Crippen LogP contribution in [0.3, 0.4) is 0 Å². The van der Waals surface area contributed by atoms with Gasteiger partial charge >= 0.3 is 5.97 Å². The number of aryl methyl sites for hydroxylation is 2. The second kappa shape index (κ2) is 4.49. The minimum atomic E-state index is -0.776. The van der Waals surface area contributed by atoms with Crippen molar-refractivity contribution in [1.82, 2.24) is 4.57 Å². The standard InChI is InChI=1S/C13H15NO3/c1-14-10(6-7-12(15)16)8-9-4-3-5-11(17-2)13(9)14/h3-5,8H,6-7H2,1-2H3,(H,15,16). The third-order valence-electron chi connectivity index (χ3n) is 2.93. The molecule has 0 spiro atoms. The van der Waals surface area contributed by atoms with E-state index in [0.717, 1.165) is 22.3 Å². The number of carbonyl (C=O) groups is 1.